The van der Waals surface area contributed by atoms with Crippen molar-refractivity contribution in [2.45, 2.75) is 11.1 Å². The summed E-state index contributed by atoms with van der Waals surface area (Å²) in [4.78, 5) is 39.6. The Hall–Kier alpha value is -5.06. The summed E-state index contributed by atoms with van der Waals surface area (Å²) in [7, 11) is 0. The Kier molecular flexibility index (Phi) is 10.1. The third kappa shape index (κ3) is 8.35. The number of halogens is 4. The number of amides is 3. The second-order valence-electron chi connectivity index (χ2n) is 9.95. The molecule has 0 bridgehead atoms. The predicted octanol–water partition coefficient (Wildman–Crippen LogP) is 8.65. The van der Waals surface area contributed by atoms with Crippen LogP contribution in [0.5, 0.6) is 0 Å². The summed E-state index contributed by atoms with van der Waals surface area (Å²) in [6.45, 7) is 0. The molecule has 5 rings (SSSR count). The molecule has 0 aromatic heterocycles. The topological polar surface area (TPSA) is 87.3 Å². The molecule has 3 N–H and O–H groups in total. The number of carbonyl (C=O) groups excluding carboxylic acids is 3. The molecule has 3 amide bonds. The van der Waals surface area contributed by atoms with Gasteiger partial charge in [0, 0.05) is 16.1 Å². The van der Waals surface area contributed by atoms with E-state index in [1.54, 1.807) is 60.7 Å². The van der Waals surface area contributed by atoms with Gasteiger partial charge < -0.3 is 16.0 Å². The lowest BCUT2D eigenvalue weighted by Crippen LogP contribution is -2.30. The molecular weight excluding hydrogens is 635 g/mol. The number of fused-ring (bicyclic) bond motifs is 1. The number of anilines is 2. The first kappa shape index (κ1) is 32.3. The van der Waals surface area contributed by atoms with Crippen LogP contribution in [0.3, 0.4) is 0 Å². The zero-order valence-electron chi connectivity index (χ0n) is 23.9. The lowest BCUT2D eigenvalue weighted by atomic mass is 10.0. The fourth-order valence-corrected chi connectivity index (χ4v) is 5.30. The molecule has 5 aromatic rings. The molecule has 0 aliphatic rings. The fraction of sp³-hybridized carbons (Fsp3) is 0.0571. The molecule has 0 saturated carbocycles. The highest BCUT2D eigenvalue weighted by atomic mass is 35.5. The van der Waals surface area contributed by atoms with Gasteiger partial charge in [0.1, 0.15) is 5.70 Å². The first-order valence-corrected chi connectivity index (χ1v) is 15.2. The highest BCUT2D eigenvalue weighted by molar-refractivity contribution is 8.00. The second kappa shape index (κ2) is 14.4. The van der Waals surface area contributed by atoms with Crippen LogP contribution in [-0.2, 0) is 15.8 Å². The molecule has 0 atom stereocenters. The van der Waals surface area contributed by atoms with Crippen LogP contribution in [0.15, 0.2) is 126 Å². The van der Waals surface area contributed by atoms with Crippen molar-refractivity contribution in [2.24, 2.45) is 0 Å². The third-order valence-corrected chi connectivity index (χ3v) is 8.04. The van der Waals surface area contributed by atoms with Crippen LogP contribution in [0.4, 0.5) is 24.5 Å². The van der Waals surface area contributed by atoms with E-state index in [4.69, 9.17) is 11.6 Å². The highest BCUT2D eigenvalue weighted by Crippen LogP contribution is 2.34. The van der Waals surface area contributed by atoms with Crippen LogP contribution >= 0.6 is 23.4 Å². The number of rotatable bonds is 9. The van der Waals surface area contributed by atoms with Gasteiger partial charge in [-0.25, -0.2) is 0 Å². The summed E-state index contributed by atoms with van der Waals surface area (Å²) in [6.07, 6.45) is -2.95. The lowest BCUT2D eigenvalue weighted by Gasteiger charge is -2.13. The Morgan fingerprint density at radius 3 is 2.22 bits per heavy atom. The minimum atomic E-state index is -4.57. The maximum absolute atomic E-state index is 13.5. The molecule has 0 aliphatic heterocycles. The molecule has 5 aromatic carbocycles. The lowest BCUT2D eigenvalue weighted by molar-refractivity contribution is -0.137. The van der Waals surface area contributed by atoms with Crippen molar-refractivity contribution in [3.05, 3.63) is 143 Å². The number of hydrogen-bond acceptors (Lipinski definition) is 4. The summed E-state index contributed by atoms with van der Waals surface area (Å²) >= 11 is 7.12. The van der Waals surface area contributed by atoms with Gasteiger partial charge >= 0.3 is 6.18 Å². The van der Waals surface area contributed by atoms with Crippen molar-refractivity contribution in [1.29, 1.82) is 0 Å². The van der Waals surface area contributed by atoms with Gasteiger partial charge in [0.2, 0.25) is 5.91 Å². The van der Waals surface area contributed by atoms with Crippen LogP contribution in [0, 0.1) is 0 Å². The van der Waals surface area contributed by atoms with Crippen molar-refractivity contribution < 1.29 is 27.6 Å². The standard InChI is InChI=1S/C35H25ClF3N3O3S/c36-29-18-13-25(35(37,38)39)20-30(29)41-32(43)21-46-27-16-14-26(15-17-27)40-34(45)31(42-33(44)23-8-2-1-3-9-23)19-24-11-6-10-22-7-4-5-12-28(22)24/h1-20H,21H2,(H,40,45)(H,41,43)(H,42,44)/b31-19-. The molecule has 46 heavy (non-hydrogen) atoms. The normalized spacial score (nSPS) is 11.6. The van der Waals surface area contributed by atoms with Gasteiger partial charge in [-0.1, -0.05) is 72.3 Å². The largest absolute Gasteiger partial charge is 0.416 e. The Labute approximate surface area is 271 Å². The minimum absolute atomic E-state index is 0.0136. The third-order valence-electron chi connectivity index (χ3n) is 6.70. The van der Waals surface area contributed by atoms with E-state index in [9.17, 15) is 27.6 Å². The Morgan fingerprint density at radius 1 is 0.783 bits per heavy atom. The van der Waals surface area contributed by atoms with Crippen LogP contribution in [-0.4, -0.2) is 23.5 Å². The van der Waals surface area contributed by atoms with Crippen LogP contribution < -0.4 is 16.0 Å². The first-order chi connectivity index (χ1) is 22.1. The molecule has 0 aliphatic carbocycles. The molecule has 0 heterocycles. The van der Waals surface area contributed by atoms with E-state index in [2.05, 4.69) is 16.0 Å². The van der Waals surface area contributed by atoms with Crippen molar-refractivity contribution in [3.8, 4) is 0 Å². The Balaban J connectivity index is 1.27. The molecule has 0 saturated heterocycles. The van der Waals surface area contributed by atoms with Crippen LogP contribution in [0.1, 0.15) is 21.5 Å². The average Bonchev–Trinajstić information content (AvgIpc) is 3.05. The van der Waals surface area contributed by atoms with E-state index < -0.39 is 29.5 Å². The van der Waals surface area contributed by atoms with E-state index in [1.807, 2.05) is 42.5 Å². The van der Waals surface area contributed by atoms with Crippen molar-refractivity contribution in [1.82, 2.24) is 5.32 Å². The van der Waals surface area contributed by atoms with Gasteiger partial charge in [0.05, 0.1) is 22.0 Å². The summed E-state index contributed by atoms with van der Waals surface area (Å²) in [5.41, 5.74) is 0.549. The number of alkyl halides is 3. The van der Waals surface area contributed by atoms with Gasteiger partial charge in [-0.15, -0.1) is 11.8 Å². The molecule has 11 heteroatoms. The summed E-state index contributed by atoms with van der Waals surface area (Å²) in [5.74, 6) is -1.63. The van der Waals surface area contributed by atoms with Crippen molar-refractivity contribution in [3.63, 3.8) is 0 Å². The van der Waals surface area contributed by atoms with Gasteiger partial charge in [0.15, 0.2) is 0 Å². The number of thioether (sulfide) groups is 1. The first-order valence-electron chi connectivity index (χ1n) is 13.8. The molecule has 0 radical (unpaired) electrons. The van der Waals surface area contributed by atoms with Gasteiger partial charge in [-0.3, -0.25) is 14.4 Å². The Morgan fingerprint density at radius 2 is 1.48 bits per heavy atom. The van der Waals surface area contributed by atoms with E-state index in [-0.39, 0.29) is 22.2 Å². The second-order valence-corrected chi connectivity index (χ2v) is 11.4. The van der Waals surface area contributed by atoms with E-state index in [1.165, 1.54) is 0 Å². The summed E-state index contributed by atoms with van der Waals surface area (Å²) in [5, 5.41) is 9.82. The van der Waals surface area contributed by atoms with E-state index in [0.717, 1.165) is 46.3 Å². The molecular formula is C35H25ClF3N3O3S. The zero-order valence-corrected chi connectivity index (χ0v) is 25.5. The SMILES string of the molecule is O=C(CSc1ccc(NC(=O)/C(=C/c2cccc3ccccc23)NC(=O)c2ccccc2)cc1)Nc1cc(C(F)(F)F)ccc1Cl. The summed E-state index contributed by atoms with van der Waals surface area (Å²) < 4.78 is 39.1. The van der Waals surface area contributed by atoms with Gasteiger partial charge in [0.25, 0.3) is 11.8 Å². The maximum atomic E-state index is 13.5. The van der Waals surface area contributed by atoms with E-state index in [0.29, 0.717) is 16.1 Å². The molecule has 0 spiro atoms. The summed E-state index contributed by atoms with van der Waals surface area (Å²) in [6, 6.07) is 31.3. The van der Waals surface area contributed by atoms with Crippen LogP contribution in [0.2, 0.25) is 5.02 Å². The zero-order chi connectivity index (χ0) is 32.7. The van der Waals surface area contributed by atoms with Crippen LogP contribution in [0.25, 0.3) is 16.8 Å². The van der Waals surface area contributed by atoms with Crippen molar-refractivity contribution in [2.75, 3.05) is 16.4 Å². The monoisotopic (exact) mass is 659 g/mol. The number of nitrogens with one attached hydrogen (secondary N) is 3. The minimum Gasteiger partial charge on any atom is -0.324 e. The fourth-order valence-electron chi connectivity index (χ4n) is 4.44. The Bertz CT molecular complexity index is 1930. The molecule has 6 nitrogen and oxygen atoms in total. The molecule has 232 valence electrons. The van der Waals surface area contributed by atoms with Crippen molar-refractivity contribution >= 4 is 69.3 Å². The van der Waals surface area contributed by atoms with Gasteiger partial charge in [-0.2, -0.15) is 13.2 Å². The van der Waals surface area contributed by atoms with E-state index >= 15 is 0 Å². The van der Waals surface area contributed by atoms with Gasteiger partial charge in [-0.05, 0) is 77.0 Å². The quantitative estimate of drug-likeness (QED) is 0.109. The molecule has 0 unspecified atom stereocenters. The average molecular weight is 660 g/mol. The number of carbonyl (C=O) groups is 3. The smallest absolute Gasteiger partial charge is 0.324 e. The maximum Gasteiger partial charge on any atom is 0.416 e. The highest BCUT2D eigenvalue weighted by Gasteiger charge is 2.31. The molecule has 0 fully saturated rings. The number of hydrogen-bond donors (Lipinski definition) is 3. The predicted molar refractivity (Wildman–Crippen MR) is 177 cm³/mol. The number of benzene rings is 5.